The standard InChI is InChI=1S/C15H23BrO/c1-12(2)9-13(3)17-11-15(10-16)14-7-5-4-6-8-14/h4-8,12-13,15H,9-11H2,1-3H3. The Morgan fingerprint density at radius 1 is 1.12 bits per heavy atom. The molecule has 1 nitrogen and oxygen atoms in total. The molecule has 0 saturated carbocycles. The first-order valence-corrected chi connectivity index (χ1v) is 7.48. The summed E-state index contributed by atoms with van der Waals surface area (Å²) in [6, 6.07) is 10.6. The molecule has 1 aromatic rings. The van der Waals surface area contributed by atoms with Crippen LogP contribution < -0.4 is 0 Å². The molecule has 0 radical (unpaired) electrons. The second kappa shape index (κ2) is 7.88. The fourth-order valence-electron chi connectivity index (χ4n) is 1.97. The van der Waals surface area contributed by atoms with Crippen molar-refractivity contribution in [3.05, 3.63) is 35.9 Å². The summed E-state index contributed by atoms with van der Waals surface area (Å²) in [5, 5.41) is 0.950. The minimum Gasteiger partial charge on any atom is -0.378 e. The first-order chi connectivity index (χ1) is 8.13. The number of hydrogen-bond donors (Lipinski definition) is 0. The summed E-state index contributed by atoms with van der Waals surface area (Å²) in [5.41, 5.74) is 1.35. The quantitative estimate of drug-likeness (QED) is 0.668. The fraction of sp³-hybridized carbons (Fsp3) is 0.600. The molecule has 0 spiro atoms. The topological polar surface area (TPSA) is 9.23 Å². The van der Waals surface area contributed by atoms with E-state index in [1.165, 1.54) is 5.56 Å². The van der Waals surface area contributed by atoms with E-state index in [1.807, 2.05) is 0 Å². The predicted octanol–water partition coefficient (Wildman–Crippen LogP) is 4.62. The van der Waals surface area contributed by atoms with Gasteiger partial charge in [0.15, 0.2) is 0 Å². The molecular weight excluding hydrogens is 276 g/mol. The Hall–Kier alpha value is -0.340. The van der Waals surface area contributed by atoms with E-state index in [2.05, 4.69) is 67.0 Å². The average Bonchev–Trinajstić information content (AvgIpc) is 2.30. The van der Waals surface area contributed by atoms with Gasteiger partial charge in [-0.15, -0.1) is 0 Å². The minimum atomic E-state index is 0.347. The molecule has 0 aliphatic carbocycles. The lowest BCUT2D eigenvalue weighted by Crippen LogP contribution is -2.17. The van der Waals surface area contributed by atoms with Crippen LogP contribution in [0.5, 0.6) is 0 Å². The summed E-state index contributed by atoms with van der Waals surface area (Å²) in [6.07, 6.45) is 1.48. The summed E-state index contributed by atoms with van der Waals surface area (Å²) in [5.74, 6) is 1.15. The van der Waals surface area contributed by atoms with Crippen LogP contribution in [-0.2, 0) is 4.74 Å². The Balaban J connectivity index is 2.43. The van der Waals surface area contributed by atoms with Gasteiger partial charge in [0.25, 0.3) is 0 Å². The van der Waals surface area contributed by atoms with E-state index in [1.54, 1.807) is 0 Å². The van der Waals surface area contributed by atoms with Crippen molar-refractivity contribution >= 4 is 15.9 Å². The van der Waals surface area contributed by atoms with E-state index >= 15 is 0 Å². The highest BCUT2D eigenvalue weighted by Gasteiger charge is 2.12. The second-order valence-electron chi connectivity index (χ2n) is 5.04. The van der Waals surface area contributed by atoms with E-state index in [0.29, 0.717) is 17.9 Å². The molecule has 2 atom stereocenters. The van der Waals surface area contributed by atoms with Crippen LogP contribution in [0.4, 0.5) is 0 Å². The molecule has 0 N–H and O–H groups in total. The molecular formula is C15H23BrO. The zero-order valence-electron chi connectivity index (χ0n) is 11.0. The Labute approximate surface area is 114 Å². The lowest BCUT2D eigenvalue weighted by molar-refractivity contribution is 0.0454. The van der Waals surface area contributed by atoms with Gasteiger partial charge in [-0.3, -0.25) is 0 Å². The highest BCUT2D eigenvalue weighted by Crippen LogP contribution is 2.20. The summed E-state index contributed by atoms with van der Waals surface area (Å²) in [4.78, 5) is 0. The largest absolute Gasteiger partial charge is 0.378 e. The molecule has 1 rings (SSSR count). The monoisotopic (exact) mass is 298 g/mol. The van der Waals surface area contributed by atoms with Crippen molar-refractivity contribution in [2.75, 3.05) is 11.9 Å². The SMILES string of the molecule is CC(C)CC(C)OCC(CBr)c1ccccc1. The van der Waals surface area contributed by atoms with Crippen molar-refractivity contribution in [3.63, 3.8) is 0 Å². The molecule has 1 aromatic carbocycles. The van der Waals surface area contributed by atoms with Crippen molar-refractivity contribution in [2.45, 2.75) is 39.2 Å². The zero-order chi connectivity index (χ0) is 12.7. The Morgan fingerprint density at radius 2 is 1.76 bits per heavy atom. The predicted molar refractivity (Wildman–Crippen MR) is 77.8 cm³/mol. The summed E-state index contributed by atoms with van der Waals surface area (Å²) < 4.78 is 5.93. The van der Waals surface area contributed by atoms with E-state index in [0.717, 1.165) is 18.4 Å². The van der Waals surface area contributed by atoms with Crippen LogP contribution in [0.15, 0.2) is 30.3 Å². The lowest BCUT2D eigenvalue weighted by atomic mass is 10.0. The molecule has 0 saturated heterocycles. The van der Waals surface area contributed by atoms with Crippen molar-refractivity contribution in [3.8, 4) is 0 Å². The van der Waals surface area contributed by atoms with Gasteiger partial charge < -0.3 is 4.74 Å². The number of alkyl halides is 1. The number of halogens is 1. The number of hydrogen-bond acceptors (Lipinski definition) is 1. The fourth-order valence-corrected chi connectivity index (χ4v) is 2.53. The van der Waals surface area contributed by atoms with Crippen LogP contribution in [0, 0.1) is 5.92 Å². The van der Waals surface area contributed by atoms with Crippen LogP contribution >= 0.6 is 15.9 Å². The highest BCUT2D eigenvalue weighted by molar-refractivity contribution is 9.09. The Kier molecular flexibility index (Phi) is 6.83. The van der Waals surface area contributed by atoms with Crippen molar-refractivity contribution < 1.29 is 4.74 Å². The average molecular weight is 299 g/mol. The maximum Gasteiger partial charge on any atom is 0.0549 e. The molecule has 96 valence electrons. The minimum absolute atomic E-state index is 0.347. The third kappa shape index (κ3) is 5.69. The Morgan fingerprint density at radius 3 is 2.29 bits per heavy atom. The van der Waals surface area contributed by atoms with Crippen LogP contribution in [0.1, 0.15) is 38.7 Å². The summed E-state index contributed by atoms with van der Waals surface area (Å²) >= 11 is 3.57. The maximum absolute atomic E-state index is 5.93. The molecule has 0 aliphatic rings. The van der Waals surface area contributed by atoms with Gasteiger partial charge in [-0.2, -0.15) is 0 Å². The molecule has 17 heavy (non-hydrogen) atoms. The van der Waals surface area contributed by atoms with Gasteiger partial charge in [0.1, 0.15) is 0 Å². The normalized spacial score (nSPS) is 14.9. The van der Waals surface area contributed by atoms with Crippen LogP contribution in [0.2, 0.25) is 0 Å². The van der Waals surface area contributed by atoms with Crippen molar-refractivity contribution in [1.29, 1.82) is 0 Å². The first kappa shape index (κ1) is 14.7. The second-order valence-corrected chi connectivity index (χ2v) is 5.68. The molecule has 0 aromatic heterocycles. The molecule has 0 heterocycles. The van der Waals surface area contributed by atoms with Gasteiger partial charge >= 0.3 is 0 Å². The van der Waals surface area contributed by atoms with Crippen molar-refractivity contribution in [1.82, 2.24) is 0 Å². The van der Waals surface area contributed by atoms with Crippen LogP contribution in [0.25, 0.3) is 0 Å². The smallest absolute Gasteiger partial charge is 0.0549 e. The number of rotatable bonds is 7. The van der Waals surface area contributed by atoms with Crippen molar-refractivity contribution in [2.24, 2.45) is 5.92 Å². The van der Waals surface area contributed by atoms with E-state index in [4.69, 9.17) is 4.74 Å². The molecule has 0 aliphatic heterocycles. The third-order valence-corrected chi connectivity index (χ3v) is 3.62. The summed E-state index contributed by atoms with van der Waals surface area (Å²) in [7, 11) is 0. The molecule has 2 heteroatoms. The van der Waals surface area contributed by atoms with Crippen LogP contribution in [0.3, 0.4) is 0 Å². The van der Waals surface area contributed by atoms with E-state index in [9.17, 15) is 0 Å². The van der Waals surface area contributed by atoms with E-state index in [-0.39, 0.29) is 0 Å². The summed E-state index contributed by atoms with van der Waals surface area (Å²) in [6.45, 7) is 7.43. The number of benzene rings is 1. The van der Waals surface area contributed by atoms with Crippen LogP contribution in [-0.4, -0.2) is 18.0 Å². The maximum atomic E-state index is 5.93. The van der Waals surface area contributed by atoms with Gasteiger partial charge in [0.05, 0.1) is 12.7 Å². The lowest BCUT2D eigenvalue weighted by Gasteiger charge is -2.20. The zero-order valence-corrected chi connectivity index (χ0v) is 12.6. The number of ether oxygens (including phenoxy) is 1. The van der Waals surface area contributed by atoms with Gasteiger partial charge in [-0.25, -0.2) is 0 Å². The first-order valence-electron chi connectivity index (χ1n) is 6.36. The molecule has 2 unspecified atom stereocenters. The van der Waals surface area contributed by atoms with Gasteiger partial charge in [0.2, 0.25) is 0 Å². The Bertz CT molecular complexity index is 297. The van der Waals surface area contributed by atoms with Gasteiger partial charge in [-0.1, -0.05) is 60.1 Å². The van der Waals surface area contributed by atoms with E-state index < -0.39 is 0 Å². The molecule has 0 bridgehead atoms. The molecule has 0 amide bonds. The highest BCUT2D eigenvalue weighted by atomic mass is 79.9. The van der Waals surface area contributed by atoms with Gasteiger partial charge in [-0.05, 0) is 24.8 Å². The third-order valence-electron chi connectivity index (χ3n) is 2.84. The van der Waals surface area contributed by atoms with Gasteiger partial charge in [0, 0.05) is 11.2 Å². The molecule has 0 fully saturated rings.